The average molecular weight is 427 g/mol. The first-order valence-corrected chi connectivity index (χ1v) is 10.4. The summed E-state index contributed by atoms with van der Waals surface area (Å²) in [5, 5.41) is 10.7. The fourth-order valence-electron chi connectivity index (χ4n) is 4.68. The summed E-state index contributed by atoms with van der Waals surface area (Å²) in [6, 6.07) is 0. The number of phenolic OH excluding ortho intramolecular Hbond substituents is 1. The van der Waals surface area contributed by atoms with Crippen molar-refractivity contribution in [3.8, 4) is 5.75 Å². The van der Waals surface area contributed by atoms with E-state index in [-0.39, 0.29) is 37.8 Å². The minimum atomic E-state index is -4.93. The number of carbonyl (C=O) groups excluding carboxylic acids is 2. The number of nitrogens with zero attached hydrogens (tertiary/aromatic N) is 1. The molecule has 1 aliphatic heterocycles. The van der Waals surface area contributed by atoms with E-state index in [2.05, 4.69) is 6.92 Å². The Balaban J connectivity index is 1.79. The van der Waals surface area contributed by atoms with Gasteiger partial charge in [-0.2, -0.15) is 13.2 Å². The molecule has 3 rings (SSSR count). The first kappa shape index (κ1) is 22.4. The van der Waals surface area contributed by atoms with Crippen LogP contribution in [0.15, 0.2) is 0 Å². The zero-order valence-corrected chi connectivity index (χ0v) is 17.6. The van der Waals surface area contributed by atoms with Gasteiger partial charge in [0.2, 0.25) is 0 Å². The first-order valence-electron chi connectivity index (χ1n) is 10.4. The molecule has 1 heterocycles. The Bertz CT molecular complexity index is 850. The highest BCUT2D eigenvalue weighted by Gasteiger charge is 2.43. The van der Waals surface area contributed by atoms with Crippen LogP contribution in [0.2, 0.25) is 0 Å². The molecule has 2 atom stereocenters. The predicted octanol–water partition coefficient (Wildman–Crippen LogP) is 4.12. The lowest BCUT2D eigenvalue weighted by molar-refractivity contribution is -0.186. The minimum absolute atomic E-state index is 0.0553. The standard InChI is InChI=1S/C22H28F3NO4/c1-12-5-4-6-15(9-12)30-19(27)10-17-13(2)16-7-8-26(21(29)22(23,24)25)11-18(16)14(3)20(17)28/h12,15,28H,4-11H2,1-3H3. The molecule has 0 bridgehead atoms. The number of phenols is 1. The van der Waals surface area contributed by atoms with E-state index in [9.17, 15) is 27.9 Å². The summed E-state index contributed by atoms with van der Waals surface area (Å²) in [5.41, 5.74) is 2.86. The van der Waals surface area contributed by atoms with Crippen LogP contribution < -0.4 is 0 Å². The Morgan fingerprint density at radius 3 is 2.50 bits per heavy atom. The van der Waals surface area contributed by atoms with Crippen LogP contribution in [0.3, 0.4) is 0 Å². The van der Waals surface area contributed by atoms with E-state index in [1.807, 2.05) is 0 Å². The van der Waals surface area contributed by atoms with Gasteiger partial charge in [0.15, 0.2) is 0 Å². The number of aromatic hydroxyl groups is 1. The number of hydrogen-bond donors (Lipinski definition) is 1. The van der Waals surface area contributed by atoms with Crippen LogP contribution in [0.4, 0.5) is 13.2 Å². The zero-order valence-electron chi connectivity index (χ0n) is 17.6. The average Bonchev–Trinajstić information content (AvgIpc) is 2.68. The molecule has 1 fully saturated rings. The van der Waals surface area contributed by atoms with E-state index in [1.54, 1.807) is 13.8 Å². The Morgan fingerprint density at radius 1 is 1.17 bits per heavy atom. The second kappa shape index (κ2) is 8.47. The maximum Gasteiger partial charge on any atom is 0.471 e. The molecule has 1 amide bonds. The molecular weight excluding hydrogens is 399 g/mol. The summed E-state index contributed by atoms with van der Waals surface area (Å²) in [4.78, 5) is 24.9. The normalized spacial score (nSPS) is 21.9. The maximum atomic E-state index is 12.8. The molecule has 8 heteroatoms. The van der Waals surface area contributed by atoms with Crippen molar-refractivity contribution in [1.82, 2.24) is 4.90 Å². The van der Waals surface area contributed by atoms with E-state index < -0.39 is 18.1 Å². The molecule has 30 heavy (non-hydrogen) atoms. The van der Waals surface area contributed by atoms with E-state index in [0.29, 0.717) is 28.2 Å². The molecule has 1 N–H and O–H groups in total. The Kier molecular flexibility index (Phi) is 6.34. The lowest BCUT2D eigenvalue weighted by Crippen LogP contribution is -2.44. The molecule has 5 nitrogen and oxygen atoms in total. The maximum absolute atomic E-state index is 12.8. The summed E-state index contributed by atoms with van der Waals surface area (Å²) < 4.78 is 44.0. The number of halogens is 3. The number of carbonyl (C=O) groups is 2. The van der Waals surface area contributed by atoms with Gasteiger partial charge in [0, 0.05) is 18.7 Å². The monoisotopic (exact) mass is 427 g/mol. The lowest BCUT2D eigenvalue weighted by atomic mass is 9.86. The van der Waals surface area contributed by atoms with Crippen LogP contribution in [-0.2, 0) is 33.7 Å². The third-order valence-corrected chi connectivity index (χ3v) is 6.38. The van der Waals surface area contributed by atoms with Gasteiger partial charge in [-0.25, -0.2) is 0 Å². The Morgan fingerprint density at radius 2 is 1.87 bits per heavy atom. The van der Waals surface area contributed by atoms with E-state index in [1.165, 1.54) is 0 Å². The van der Waals surface area contributed by atoms with Crippen LogP contribution in [-0.4, -0.2) is 40.7 Å². The molecule has 166 valence electrons. The summed E-state index contributed by atoms with van der Waals surface area (Å²) >= 11 is 0. The van der Waals surface area contributed by atoms with Gasteiger partial charge in [0.25, 0.3) is 0 Å². The van der Waals surface area contributed by atoms with Gasteiger partial charge in [-0.3, -0.25) is 9.59 Å². The highest BCUT2D eigenvalue weighted by atomic mass is 19.4. The second-order valence-electron chi connectivity index (χ2n) is 8.57. The molecule has 1 saturated carbocycles. The van der Waals surface area contributed by atoms with Gasteiger partial charge in [-0.15, -0.1) is 0 Å². The fraction of sp³-hybridized carbons (Fsp3) is 0.636. The first-order chi connectivity index (χ1) is 14.0. The zero-order chi connectivity index (χ0) is 22.2. The van der Waals surface area contributed by atoms with Gasteiger partial charge < -0.3 is 14.7 Å². The van der Waals surface area contributed by atoms with Crippen molar-refractivity contribution < 1.29 is 32.6 Å². The molecule has 1 aromatic carbocycles. The van der Waals surface area contributed by atoms with Crippen molar-refractivity contribution >= 4 is 11.9 Å². The fourth-order valence-corrected chi connectivity index (χ4v) is 4.68. The van der Waals surface area contributed by atoms with Gasteiger partial charge in [0.1, 0.15) is 11.9 Å². The molecule has 0 radical (unpaired) electrons. The number of amides is 1. The molecule has 0 saturated heterocycles. The Hall–Kier alpha value is -2.25. The van der Waals surface area contributed by atoms with Gasteiger partial charge in [-0.1, -0.05) is 13.3 Å². The quantitative estimate of drug-likeness (QED) is 0.737. The van der Waals surface area contributed by atoms with Crippen LogP contribution in [0, 0.1) is 19.8 Å². The SMILES string of the molecule is Cc1c(O)c(CC(=O)OC2CCCC(C)C2)c(C)c2c1CN(C(=O)C(F)(F)F)CC2. The molecule has 2 aliphatic rings. The molecular formula is C22H28F3NO4. The van der Waals surface area contributed by atoms with Crippen molar-refractivity contribution in [1.29, 1.82) is 0 Å². The van der Waals surface area contributed by atoms with Crippen LogP contribution in [0.25, 0.3) is 0 Å². The number of rotatable bonds is 3. The van der Waals surface area contributed by atoms with E-state index >= 15 is 0 Å². The molecule has 1 aliphatic carbocycles. The number of hydrogen-bond acceptors (Lipinski definition) is 4. The van der Waals surface area contributed by atoms with E-state index in [4.69, 9.17) is 4.74 Å². The van der Waals surface area contributed by atoms with Crippen molar-refractivity contribution in [2.75, 3.05) is 6.54 Å². The predicted molar refractivity (Wildman–Crippen MR) is 104 cm³/mol. The number of esters is 1. The molecule has 0 aromatic heterocycles. The van der Waals surface area contributed by atoms with Gasteiger partial charge in [0.05, 0.1) is 6.42 Å². The van der Waals surface area contributed by atoms with Gasteiger partial charge in [-0.05, 0) is 67.7 Å². The van der Waals surface area contributed by atoms with Crippen molar-refractivity contribution in [3.63, 3.8) is 0 Å². The van der Waals surface area contributed by atoms with E-state index in [0.717, 1.165) is 36.1 Å². The summed E-state index contributed by atoms with van der Waals surface area (Å²) in [6.45, 7) is 5.23. The molecule has 2 unspecified atom stereocenters. The smallest absolute Gasteiger partial charge is 0.471 e. The van der Waals surface area contributed by atoms with Crippen molar-refractivity contribution in [2.45, 2.75) is 78.1 Å². The van der Waals surface area contributed by atoms with Gasteiger partial charge >= 0.3 is 18.1 Å². The number of benzene rings is 1. The third-order valence-electron chi connectivity index (χ3n) is 6.38. The lowest BCUT2D eigenvalue weighted by Gasteiger charge is -2.33. The Labute approximate surface area is 174 Å². The number of alkyl halides is 3. The van der Waals surface area contributed by atoms with Crippen LogP contribution in [0.5, 0.6) is 5.75 Å². The topological polar surface area (TPSA) is 66.8 Å². The van der Waals surface area contributed by atoms with Crippen LogP contribution in [0.1, 0.15) is 60.4 Å². The number of ether oxygens (including phenoxy) is 1. The second-order valence-corrected chi connectivity index (χ2v) is 8.57. The molecule has 0 spiro atoms. The highest BCUT2D eigenvalue weighted by Crippen LogP contribution is 2.37. The summed E-state index contributed by atoms with van der Waals surface area (Å²) in [5.74, 6) is -1.88. The van der Waals surface area contributed by atoms with Crippen LogP contribution >= 0.6 is 0 Å². The highest BCUT2D eigenvalue weighted by molar-refractivity contribution is 5.82. The third kappa shape index (κ3) is 4.57. The minimum Gasteiger partial charge on any atom is -0.507 e. The van der Waals surface area contributed by atoms with Crippen molar-refractivity contribution in [2.24, 2.45) is 5.92 Å². The summed E-state index contributed by atoms with van der Waals surface area (Å²) in [6.07, 6.45) is -1.04. The molecule has 1 aromatic rings. The summed E-state index contributed by atoms with van der Waals surface area (Å²) in [7, 11) is 0. The largest absolute Gasteiger partial charge is 0.507 e. The van der Waals surface area contributed by atoms with Crippen molar-refractivity contribution in [3.05, 3.63) is 27.8 Å². The number of fused-ring (bicyclic) bond motifs is 1.